The van der Waals surface area contributed by atoms with E-state index in [1.54, 1.807) is 12.1 Å². The SMILES string of the molecule is O=C(Nc1ccc(F)cc1)C1(c2ccc(-c3ccc(C(F)(F)F)cc3CO)cn2)COC1. The predicted octanol–water partition coefficient (Wildman–Crippen LogP) is 4.31. The van der Waals surface area contributed by atoms with Gasteiger partial charge in [0.15, 0.2) is 0 Å². The van der Waals surface area contributed by atoms with Gasteiger partial charge in [-0.1, -0.05) is 12.1 Å². The maximum Gasteiger partial charge on any atom is 0.416 e. The summed E-state index contributed by atoms with van der Waals surface area (Å²) >= 11 is 0. The topological polar surface area (TPSA) is 71.5 Å². The molecule has 1 aliphatic heterocycles. The Balaban J connectivity index is 1.60. The molecule has 0 radical (unpaired) electrons. The van der Waals surface area contributed by atoms with Gasteiger partial charge >= 0.3 is 6.18 Å². The fourth-order valence-corrected chi connectivity index (χ4v) is 3.50. The van der Waals surface area contributed by atoms with Crippen LogP contribution in [0.1, 0.15) is 16.8 Å². The van der Waals surface area contributed by atoms with E-state index in [1.807, 2.05) is 0 Å². The van der Waals surface area contributed by atoms with Crippen molar-refractivity contribution in [1.82, 2.24) is 4.98 Å². The van der Waals surface area contributed by atoms with Crippen LogP contribution in [0, 0.1) is 5.82 Å². The predicted molar refractivity (Wildman–Crippen MR) is 108 cm³/mol. The molecule has 0 saturated carbocycles. The van der Waals surface area contributed by atoms with Crippen molar-refractivity contribution in [3.8, 4) is 11.1 Å². The number of pyridine rings is 1. The molecule has 3 aromatic rings. The molecule has 1 amide bonds. The Hall–Kier alpha value is -3.30. The number of aliphatic hydroxyl groups is 1. The summed E-state index contributed by atoms with van der Waals surface area (Å²) in [5, 5.41) is 12.3. The van der Waals surface area contributed by atoms with Crippen LogP contribution in [-0.4, -0.2) is 29.2 Å². The second-order valence-electron chi connectivity index (χ2n) is 7.50. The third kappa shape index (κ3) is 4.09. The lowest BCUT2D eigenvalue weighted by molar-refractivity contribution is -0.140. The number of benzene rings is 2. The molecule has 0 spiro atoms. The Labute approximate surface area is 180 Å². The van der Waals surface area contributed by atoms with Crippen LogP contribution in [0.15, 0.2) is 60.8 Å². The molecule has 1 aromatic heterocycles. The number of ether oxygens (including phenoxy) is 1. The lowest BCUT2D eigenvalue weighted by Gasteiger charge is -2.39. The van der Waals surface area contributed by atoms with Crippen molar-refractivity contribution in [3.05, 3.63) is 83.4 Å². The van der Waals surface area contributed by atoms with E-state index < -0.39 is 29.6 Å². The van der Waals surface area contributed by atoms with Gasteiger partial charge in [-0.3, -0.25) is 9.78 Å². The number of hydrogen-bond donors (Lipinski definition) is 2. The fraction of sp³-hybridized carbons (Fsp3) is 0.217. The van der Waals surface area contributed by atoms with Crippen molar-refractivity contribution in [2.75, 3.05) is 18.5 Å². The summed E-state index contributed by atoms with van der Waals surface area (Å²) in [6.07, 6.45) is -3.07. The molecule has 5 nitrogen and oxygen atoms in total. The Morgan fingerprint density at radius 1 is 1.09 bits per heavy atom. The van der Waals surface area contributed by atoms with Crippen molar-refractivity contribution >= 4 is 11.6 Å². The molecule has 4 rings (SSSR count). The minimum atomic E-state index is -4.51. The molecule has 9 heteroatoms. The first-order chi connectivity index (χ1) is 15.2. The van der Waals surface area contributed by atoms with Crippen LogP contribution in [-0.2, 0) is 27.7 Å². The molecule has 166 valence electrons. The molecular weight excluding hydrogens is 428 g/mol. The highest BCUT2D eigenvalue weighted by Crippen LogP contribution is 2.36. The number of aromatic nitrogens is 1. The highest BCUT2D eigenvalue weighted by atomic mass is 19.4. The second-order valence-corrected chi connectivity index (χ2v) is 7.50. The first-order valence-corrected chi connectivity index (χ1v) is 9.65. The summed E-state index contributed by atoms with van der Waals surface area (Å²) in [7, 11) is 0. The minimum Gasteiger partial charge on any atom is -0.392 e. The Morgan fingerprint density at radius 3 is 2.34 bits per heavy atom. The Kier molecular flexibility index (Phi) is 5.70. The largest absolute Gasteiger partial charge is 0.416 e. The summed E-state index contributed by atoms with van der Waals surface area (Å²) in [5.41, 5.74) is 0.00619. The summed E-state index contributed by atoms with van der Waals surface area (Å²) in [6, 6.07) is 11.7. The highest BCUT2D eigenvalue weighted by molar-refractivity contribution is 5.99. The Bertz CT molecular complexity index is 1130. The monoisotopic (exact) mass is 446 g/mol. The Morgan fingerprint density at radius 2 is 1.81 bits per heavy atom. The number of amides is 1. The van der Waals surface area contributed by atoms with Crippen LogP contribution < -0.4 is 5.32 Å². The summed E-state index contributed by atoms with van der Waals surface area (Å²) in [4.78, 5) is 17.3. The molecule has 2 N–H and O–H groups in total. The third-order valence-electron chi connectivity index (χ3n) is 5.40. The van der Waals surface area contributed by atoms with Gasteiger partial charge in [0.25, 0.3) is 0 Å². The molecule has 0 unspecified atom stereocenters. The zero-order valence-corrected chi connectivity index (χ0v) is 16.6. The summed E-state index contributed by atoms with van der Waals surface area (Å²) < 4.78 is 57.2. The molecule has 1 aliphatic rings. The number of aliphatic hydroxyl groups excluding tert-OH is 1. The number of hydrogen-bond acceptors (Lipinski definition) is 4. The molecule has 0 aliphatic carbocycles. The van der Waals surface area contributed by atoms with E-state index in [4.69, 9.17) is 4.74 Å². The average molecular weight is 446 g/mol. The number of anilines is 1. The molecule has 0 atom stereocenters. The number of nitrogens with zero attached hydrogens (tertiary/aromatic N) is 1. The van der Waals surface area contributed by atoms with E-state index in [-0.39, 0.29) is 24.7 Å². The number of halogens is 4. The van der Waals surface area contributed by atoms with E-state index in [2.05, 4.69) is 10.3 Å². The quantitative estimate of drug-likeness (QED) is 0.574. The summed E-state index contributed by atoms with van der Waals surface area (Å²) in [5.74, 6) is -0.784. The minimum absolute atomic E-state index is 0.106. The van der Waals surface area contributed by atoms with E-state index >= 15 is 0 Å². The molecular formula is C23H18F4N2O3. The van der Waals surface area contributed by atoms with Crippen LogP contribution in [0.4, 0.5) is 23.2 Å². The molecule has 0 bridgehead atoms. The lowest BCUT2D eigenvalue weighted by Crippen LogP contribution is -2.56. The number of nitrogens with one attached hydrogen (secondary N) is 1. The zero-order valence-electron chi connectivity index (χ0n) is 16.6. The maximum absolute atomic E-state index is 13.1. The third-order valence-corrected chi connectivity index (χ3v) is 5.40. The number of carbonyl (C=O) groups is 1. The first kappa shape index (κ1) is 21.9. The van der Waals surface area contributed by atoms with Gasteiger partial charge < -0.3 is 15.2 Å². The van der Waals surface area contributed by atoms with Crippen LogP contribution in [0.2, 0.25) is 0 Å². The molecule has 1 saturated heterocycles. The maximum atomic E-state index is 13.1. The fourth-order valence-electron chi connectivity index (χ4n) is 3.50. The van der Waals surface area contributed by atoms with Gasteiger partial charge in [-0.15, -0.1) is 0 Å². The smallest absolute Gasteiger partial charge is 0.392 e. The number of alkyl halides is 3. The lowest BCUT2D eigenvalue weighted by atomic mass is 9.80. The van der Waals surface area contributed by atoms with E-state index in [9.17, 15) is 27.5 Å². The van der Waals surface area contributed by atoms with Gasteiger partial charge in [-0.2, -0.15) is 13.2 Å². The standard InChI is InChI=1S/C23H18F4N2O3/c24-17-3-5-18(6-4-17)29-21(31)22(12-32-13-22)20-8-1-14(10-28-20)19-7-2-16(23(25,26)27)9-15(19)11-30/h1-10,30H,11-13H2,(H,29,31). The van der Waals surface area contributed by atoms with Crippen LogP contribution in [0.5, 0.6) is 0 Å². The van der Waals surface area contributed by atoms with Gasteiger partial charge in [-0.25, -0.2) is 4.39 Å². The average Bonchev–Trinajstić information content (AvgIpc) is 2.74. The van der Waals surface area contributed by atoms with Gasteiger partial charge in [0.05, 0.1) is 31.1 Å². The molecule has 32 heavy (non-hydrogen) atoms. The van der Waals surface area contributed by atoms with Crippen molar-refractivity contribution in [2.45, 2.75) is 18.2 Å². The van der Waals surface area contributed by atoms with Crippen molar-refractivity contribution in [2.24, 2.45) is 0 Å². The highest BCUT2D eigenvalue weighted by Gasteiger charge is 2.49. The van der Waals surface area contributed by atoms with E-state index in [0.29, 0.717) is 22.5 Å². The zero-order chi connectivity index (χ0) is 22.9. The number of rotatable bonds is 5. The molecule has 2 heterocycles. The van der Waals surface area contributed by atoms with Crippen molar-refractivity contribution in [3.63, 3.8) is 0 Å². The van der Waals surface area contributed by atoms with Crippen molar-refractivity contribution < 1.29 is 32.2 Å². The van der Waals surface area contributed by atoms with Crippen LogP contribution >= 0.6 is 0 Å². The molecule has 2 aromatic carbocycles. The first-order valence-electron chi connectivity index (χ1n) is 9.65. The number of carbonyl (C=O) groups excluding carboxylic acids is 1. The van der Waals surface area contributed by atoms with E-state index in [1.165, 1.54) is 36.5 Å². The van der Waals surface area contributed by atoms with Gasteiger partial charge in [0.2, 0.25) is 5.91 Å². The van der Waals surface area contributed by atoms with Crippen LogP contribution in [0.25, 0.3) is 11.1 Å². The summed E-state index contributed by atoms with van der Waals surface area (Å²) in [6.45, 7) is -0.359. The van der Waals surface area contributed by atoms with Gasteiger partial charge in [0.1, 0.15) is 11.2 Å². The van der Waals surface area contributed by atoms with E-state index in [0.717, 1.165) is 12.1 Å². The normalized spacial score (nSPS) is 15.2. The van der Waals surface area contributed by atoms with Crippen molar-refractivity contribution in [1.29, 1.82) is 0 Å². The van der Waals surface area contributed by atoms with Gasteiger partial charge in [-0.05, 0) is 53.6 Å². The van der Waals surface area contributed by atoms with Gasteiger partial charge in [0, 0.05) is 17.4 Å². The molecule has 1 fully saturated rings. The van der Waals surface area contributed by atoms with Crippen LogP contribution in [0.3, 0.4) is 0 Å². The second kappa shape index (κ2) is 8.33.